The highest BCUT2D eigenvalue weighted by Crippen LogP contribution is 2.30. The minimum absolute atomic E-state index is 0.123. The van der Waals surface area contributed by atoms with Gasteiger partial charge in [0.2, 0.25) is 0 Å². The van der Waals surface area contributed by atoms with Gasteiger partial charge in [0.15, 0.2) is 6.29 Å². The number of hydrogen-bond donors (Lipinski definition) is 3. The lowest BCUT2D eigenvalue weighted by Gasteiger charge is -2.34. The van der Waals surface area contributed by atoms with Crippen molar-refractivity contribution in [3.8, 4) is 6.07 Å². The Bertz CT molecular complexity index is 1030. The molecule has 0 spiro atoms. The predicted octanol–water partition coefficient (Wildman–Crippen LogP) is 2.55. The topological polar surface area (TPSA) is 92.0 Å². The van der Waals surface area contributed by atoms with Crippen LogP contribution in [0.3, 0.4) is 0 Å². The van der Waals surface area contributed by atoms with Gasteiger partial charge in [-0.1, -0.05) is 18.2 Å². The number of allylic oxidation sites excluding steroid dienone is 2. The predicted molar refractivity (Wildman–Crippen MR) is 129 cm³/mol. The van der Waals surface area contributed by atoms with Gasteiger partial charge in [-0.15, -0.1) is 0 Å². The average Bonchev–Trinajstić information content (AvgIpc) is 2.81. The van der Waals surface area contributed by atoms with Crippen molar-refractivity contribution in [1.29, 1.82) is 5.26 Å². The van der Waals surface area contributed by atoms with E-state index in [1.54, 1.807) is 0 Å². The number of nitrogens with zero attached hydrogens (tertiary/aromatic N) is 3. The van der Waals surface area contributed by atoms with Gasteiger partial charge in [-0.05, 0) is 72.4 Å². The van der Waals surface area contributed by atoms with E-state index in [0.717, 1.165) is 42.7 Å². The lowest BCUT2D eigenvalue weighted by Crippen LogP contribution is -2.46. The molecule has 0 bridgehead atoms. The summed E-state index contributed by atoms with van der Waals surface area (Å²) in [6.45, 7) is 6.28. The molecule has 2 aromatic carbocycles. The van der Waals surface area contributed by atoms with Crippen LogP contribution in [0.25, 0.3) is 16.3 Å². The van der Waals surface area contributed by atoms with E-state index in [2.05, 4.69) is 58.0 Å². The van der Waals surface area contributed by atoms with Gasteiger partial charge in [0.25, 0.3) is 0 Å². The zero-order chi connectivity index (χ0) is 22.7. The average molecular weight is 455 g/mol. The standard InChI is InChI=1S/C24H30N4O3S/c1-16(23(14-25)32-26-22-13-21(29)15-31-24(22)30)17-3-4-19-12-20(6-5-18(19)11-17)28-9-7-27(2)8-10-28/h3-6,11-12,21-22,24,26,29-30H,7-10,13,15H2,1-2H3/b23-16+. The Hall–Kier alpha value is -2.12. The molecule has 3 unspecified atom stereocenters. The van der Waals surface area contributed by atoms with Crippen molar-refractivity contribution in [1.82, 2.24) is 9.62 Å². The Kier molecular flexibility index (Phi) is 7.36. The van der Waals surface area contributed by atoms with E-state index in [1.807, 2.05) is 13.0 Å². The third kappa shape index (κ3) is 5.26. The largest absolute Gasteiger partial charge is 0.391 e. The molecule has 2 aromatic rings. The number of fused-ring (bicyclic) bond motifs is 1. The summed E-state index contributed by atoms with van der Waals surface area (Å²) in [6.07, 6.45) is -1.25. The molecule has 2 saturated heterocycles. The SMILES string of the molecule is C/C(=C(/C#N)SNC1CC(O)COC1O)c1ccc2cc(N3CCN(C)CC3)ccc2c1. The minimum Gasteiger partial charge on any atom is -0.391 e. The third-order valence-electron chi connectivity index (χ3n) is 6.21. The first kappa shape index (κ1) is 23.1. The molecule has 2 aliphatic rings. The zero-order valence-electron chi connectivity index (χ0n) is 18.5. The highest BCUT2D eigenvalue weighted by molar-refractivity contribution is 8.01. The maximum atomic E-state index is 9.96. The van der Waals surface area contributed by atoms with Crippen LogP contribution >= 0.6 is 11.9 Å². The Morgan fingerprint density at radius 1 is 1.12 bits per heavy atom. The summed E-state index contributed by atoms with van der Waals surface area (Å²) in [5, 5.41) is 31.7. The molecule has 3 atom stereocenters. The van der Waals surface area contributed by atoms with Crippen LogP contribution < -0.4 is 9.62 Å². The van der Waals surface area contributed by atoms with Crippen LogP contribution in [0.2, 0.25) is 0 Å². The number of aliphatic hydroxyl groups is 2. The molecule has 170 valence electrons. The summed E-state index contributed by atoms with van der Waals surface area (Å²) in [6, 6.07) is 14.6. The van der Waals surface area contributed by atoms with Gasteiger partial charge in [0.1, 0.15) is 11.0 Å². The van der Waals surface area contributed by atoms with Crippen molar-refractivity contribution in [2.75, 3.05) is 44.7 Å². The quantitative estimate of drug-likeness (QED) is 0.469. The number of hydrogen-bond acceptors (Lipinski definition) is 8. The van der Waals surface area contributed by atoms with Gasteiger partial charge in [-0.3, -0.25) is 4.72 Å². The van der Waals surface area contributed by atoms with Crippen molar-refractivity contribution >= 4 is 34.0 Å². The maximum absolute atomic E-state index is 9.96. The molecule has 4 rings (SSSR count). The molecular formula is C24H30N4O3S. The fraction of sp³-hybridized carbons (Fsp3) is 0.458. The Labute approximate surface area is 193 Å². The van der Waals surface area contributed by atoms with E-state index < -0.39 is 18.4 Å². The van der Waals surface area contributed by atoms with Crippen LogP contribution in [-0.4, -0.2) is 73.4 Å². The van der Waals surface area contributed by atoms with Crippen molar-refractivity contribution in [3.63, 3.8) is 0 Å². The summed E-state index contributed by atoms with van der Waals surface area (Å²) >= 11 is 1.17. The number of aliphatic hydroxyl groups excluding tert-OH is 2. The van der Waals surface area contributed by atoms with Gasteiger partial charge in [-0.25, -0.2) is 0 Å². The molecule has 0 aliphatic carbocycles. The van der Waals surface area contributed by atoms with Gasteiger partial charge < -0.3 is 24.7 Å². The summed E-state index contributed by atoms with van der Waals surface area (Å²) in [5.41, 5.74) is 3.09. The van der Waals surface area contributed by atoms with Gasteiger partial charge in [-0.2, -0.15) is 5.26 Å². The summed E-state index contributed by atoms with van der Waals surface area (Å²) < 4.78 is 8.23. The number of piperazine rings is 1. The van der Waals surface area contributed by atoms with Crippen LogP contribution in [0.1, 0.15) is 18.9 Å². The van der Waals surface area contributed by atoms with Crippen molar-refractivity contribution in [3.05, 3.63) is 46.9 Å². The van der Waals surface area contributed by atoms with E-state index in [0.29, 0.717) is 11.3 Å². The van der Waals surface area contributed by atoms with Crippen molar-refractivity contribution in [2.24, 2.45) is 0 Å². The number of nitrogens with one attached hydrogen (secondary N) is 1. The van der Waals surface area contributed by atoms with E-state index in [4.69, 9.17) is 4.74 Å². The van der Waals surface area contributed by atoms with Crippen LogP contribution in [-0.2, 0) is 4.74 Å². The Balaban J connectivity index is 1.50. The first-order valence-electron chi connectivity index (χ1n) is 10.9. The summed E-state index contributed by atoms with van der Waals surface area (Å²) in [5.74, 6) is 0. The smallest absolute Gasteiger partial charge is 0.171 e. The van der Waals surface area contributed by atoms with Gasteiger partial charge in [0, 0.05) is 31.9 Å². The molecule has 3 N–H and O–H groups in total. The van der Waals surface area contributed by atoms with Crippen LogP contribution in [0.4, 0.5) is 5.69 Å². The normalized spacial score (nSPS) is 25.5. The van der Waals surface area contributed by atoms with E-state index in [9.17, 15) is 15.5 Å². The van der Waals surface area contributed by atoms with Gasteiger partial charge in [0.05, 0.1) is 18.8 Å². The molecular weight excluding hydrogens is 424 g/mol. The van der Waals surface area contributed by atoms with E-state index >= 15 is 0 Å². The lowest BCUT2D eigenvalue weighted by atomic mass is 10.0. The highest BCUT2D eigenvalue weighted by atomic mass is 32.2. The molecule has 2 fully saturated rings. The molecule has 8 heteroatoms. The maximum Gasteiger partial charge on any atom is 0.171 e. The van der Waals surface area contributed by atoms with Crippen LogP contribution in [0, 0.1) is 11.3 Å². The van der Waals surface area contributed by atoms with Crippen LogP contribution in [0.5, 0.6) is 0 Å². The number of anilines is 1. The third-order valence-corrected chi connectivity index (χ3v) is 7.23. The molecule has 0 amide bonds. The Morgan fingerprint density at radius 2 is 1.84 bits per heavy atom. The molecule has 2 aliphatic heterocycles. The number of benzene rings is 2. The minimum atomic E-state index is -0.999. The monoisotopic (exact) mass is 454 g/mol. The molecule has 32 heavy (non-hydrogen) atoms. The number of likely N-dealkylation sites (N-methyl/N-ethyl adjacent to an activating group) is 1. The second kappa shape index (κ2) is 10.2. The first-order valence-corrected chi connectivity index (χ1v) is 11.7. The van der Waals surface area contributed by atoms with Crippen molar-refractivity contribution in [2.45, 2.75) is 31.8 Å². The van der Waals surface area contributed by atoms with E-state index in [-0.39, 0.29) is 6.61 Å². The number of rotatable bonds is 5. The molecule has 0 saturated carbocycles. The lowest BCUT2D eigenvalue weighted by molar-refractivity contribution is -0.168. The molecule has 2 heterocycles. The fourth-order valence-corrected chi connectivity index (χ4v) is 4.88. The molecule has 7 nitrogen and oxygen atoms in total. The number of ether oxygens (including phenoxy) is 1. The van der Waals surface area contributed by atoms with Crippen molar-refractivity contribution < 1.29 is 14.9 Å². The second-order valence-corrected chi connectivity index (χ2v) is 9.39. The summed E-state index contributed by atoms with van der Waals surface area (Å²) in [4.78, 5) is 5.29. The molecule has 0 aromatic heterocycles. The first-order chi connectivity index (χ1) is 15.4. The highest BCUT2D eigenvalue weighted by Gasteiger charge is 2.29. The van der Waals surface area contributed by atoms with Gasteiger partial charge >= 0.3 is 0 Å². The second-order valence-electron chi connectivity index (χ2n) is 8.54. The number of nitriles is 1. The zero-order valence-corrected chi connectivity index (χ0v) is 19.3. The van der Waals surface area contributed by atoms with Crippen LogP contribution in [0.15, 0.2) is 41.3 Å². The summed E-state index contributed by atoms with van der Waals surface area (Å²) in [7, 11) is 2.16. The van der Waals surface area contributed by atoms with E-state index in [1.165, 1.54) is 23.0 Å². The molecule has 0 radical (unpaired) electrons. The fourth-order valence-electron chi connectivity index (χ4n) is 4.09. The Morgan fingerprint density at radius 3 is 2.59 bits per heavy atom.